The van der Waals surface area contributed by atoms with E-state index < -0.39 is 15.2 Å². The van der Waals surface area contributed by atoms with Crippen LogP contribution in [0.5, 0.6) is 0 Å². The SMILES string of the molecule is O=S(=O)(CCl)N/C(=C\c1ccccc1)c1ccccc1. The quantitative estimate of drug-likeness (QED) is 0.680. The van der Waals surface area contributed by atoms with Gasteiger partial charge < -0.3 is 0 Å². The Morgan fingerprint density at radius 3 is 2.10 bits per heavy atom. The summed E-state index contributed by atoms with van der Waals surface area (Å²) in [6, 6.07) is 18.7. The van der Waals surface area contributed by atoms with Gasteiger partial charge in [-0.1, -0.05) is 60.7 Å². The number of sulfonamides is 1. The van der Waals surface area contributed by atoms with Crippen molar-refractivity contribution in [2.45, 2.75) is 0 Å². The lowest BCUT2D eigenvalue weighted by Gasteiger charge is -2.10. The molecule has 0 aromatic heterocycles. The minimum atomic E-state index is -3.54. The molecule has 0 aliphatic carbocycles. The Balaban J connectivity index is 2.43. The molecule has 0 aliphatic rings. The van der Waals surface area contributed by atoms with Crippen LogP contribution in [0.15, 0.2) is 60.7 Å². The Morgan fingerprint density at radius 2 is 1.55 bits per heavy atom. The zero-order chi connectivity index (χ0) is 14.4. The monoisotopic (exact) mass is 307 g/mol. The lowest BCUT2D eigenvalue weighted by molar-refractivity contribution is 0.596. The van der Waals surface area contributed by atoms with E-state index in [1.807, 2.05) is 60.7 Å². The van der Waals surface area contributed by atoms with E-state index in [2.05, 4.69) is 4.72 Å². The van der Waals surface area contributed by atoms with Crippen LogP contribution < -0.4 is 4.72 Å². The van der Waals surface area contributed by atoms with E-state index in [4.69, 9.17) is 11.6 Å². The van der Waals surface area contributed by atoms with E-state index in [1.165, 1.54) is 0 Å². The lowest BCUT2D eigenvalue weighted by Crippen LogP contribution is -2.23. The summed E-state index contributed by atoms with van der Waals surface area (Å²) in [5.74, 6) is 0. The summed E-state index contributed by atoms with van der Waals surface area (Å²) < 4.78 is 25.9. The molecule has 0 fully saturated rings. The zero-order valence-electron chi connectivity index (χ0n) is 10.7. The molecule has 0 bridgehead atoms. The molecule has 104 valence electrons. The largest absolute Gasteiger partial charge is 0.282 e. The number of rotatable bonds is 5. The number of halogens is 1. The molecule has 0 heterocycles. The molecule has 0 atom stereocenters. The fourth-order valence-corrected chi connectivity index (χ4v) is 2.43. The molecule has 0 saturated heterocycles. The maximum atomic E-state index is 11.7. The van der Waals surface area contributed by atoms with Gasteiger partial charge in [-0.3, -0.25) is 4.72 Å². The molecule has 0 saturated carbocycles. The predicted molar refractivity (Wildman–Crippen MR) is 83.5 cm³/mol. The highest BCUT2D eigenvalue weighted by molar-refractivity contribution is 7.91. The molecular formula is C15H14ClNO2S. The third-order valence-corrected chi connectivity index (χ3v) is 4.28. The third kappa shape index (κ3) is 4.11. The van der Waals surface area contributed by atoms with Crippen molar-refractivity contribution in [1.82, 2.24) is 4.72 Å². The minimum Gasteiger partial charge on any atom is -0.282 e. The molecule has 0 aliphatic heterocycles. The Kier molecular flexibility index (Phi) is 4.82. The van der Waals surface area contributed by atoms with Gasteiger partial charge in [-0.2, -0.15) is 0 Å². The maximum Gasteiger partial charge on any atom is 0.246 e. The standard InChI is InChI=1S/C15H14ClNO2S/c16-12-20(18,19)17-15(14-9-5-2-6-10-14)11-13-7-3-1-4-8-13/h1-11,17H,12H2/b15-11-. The average molecular weight is 308 g/mol. The average Bonchev–Trinajstić information content (AvgIpc) is 2.48. The van der Waals surface area contributed by atoms with Crippen molar-refractivity contribution in [1.29, 1.82) is 0 Å². The molecule has 1 N–H and O–H groups in total. The molecule has 0 radical (unpaired) electrons. The molecule has 20 heavy (non-hydrogen) atoms. The summed E-state index contributed by atoms with van der Waals surface area (Å²) in [4.78, 5) is 0. The van der Waals surface area contributed by atoms with Gasteiger partial charge in [0.1, 0.15) is 5.21 Å². The molecule has 0 spiro atoms. The number of hydrogen-bond acceptors (Lipinski definition) is 2. The van der Waals surface area contributed by atoms with Crippen molar-refractivity contribution in [3.8, 4) is 0 Å². The van der Waals surface area contributed by atoms with E-state index in [0.717, 1.165) is 11.1 Å². The Morgan fingerprint density at radius 1 is 1.00 bits per heavy atom. The molecule has 0 amide bonds. The van der Waals surface area contributed by atoms with Crippen molar-refractivity contribution >= 4 is 33.4 Å². The Hall–Kier alpha value is -1.78. The van der Waals surface area contributed by atoms with Gasteiger partial charge in [-0.05, 0) is 17.2 Å². The molecule has 0 unspecified atom stereocenters. The molecule has 2 rings (SSSR count). The molecule has 2 aromatic rings. The van der Waals surface area contributed by atoms with Gasteiger partial charge in [0.15, 0.2) is 0 Å². The van der Waals surface area contributed by atoms with Gasteiger partial charge in [-0.15, -0.1) is 11.6 Å². The van der Waals surface area contributed by atoms with E-state index in [1.54, 1.807) is 6.08 Å². The third-order valence-electron chi connectivity index (χ3n) is 2.60. The van der Waals surface area contributed by atoms with Crippen LogP contribution in [0.25, 0.3) is 11.8 Å². The van der Waals surface area contributed by atoms with Gasteiger partial charge in [0.05, 0.1) is 5.70 Å². The summed E-state index contributed by atoms with van der Waals surface area (Å²) in [5, 5.41) is -0.480. The first-order valence-electron chi connectivity index (χ1n) is 5.99. The van der Waals surface area contributed by atoms with E-state index in [0.29, 0.717) is 5.70 Å². The number of hydrogen-bond donors (Lipinski definition) is 1. The number of benzene rings is 2. The number of alkyl halides is 1. The van der Waals surface area contributed by atoms with Crippen LogP contribution in [0.4, 0.5) is 0 Å². The highest BCUT2D eigenvalue weighted by atomic mass is 35.5. The summed E-state index contributed by atoms with van der Waals surface area (Å²) in [7, 11) is -3.54. The van der Waals surface area contributed by atoms with Crippen molar-refractivity contribution < 1.29 is 8.42 Å². The van der Waals surface area contributed by atoms with E-state index >= 15 is 0 Å². The molecular weight excluding hydrogens is 294 g/mol. The fraction of sp³-hybridized carbons (Fsp3) is 0.0667. The van der Waals surface area contributed by atoms with Crippen molar-refractivity contribution in [2.24, 2.45) is 0 Å². The minimum absolute atomic E-state index is 0.480. The molecule has 5 heteroatoms. The van der Waals surface area contributed by atoms with Gasteiger partial charge >= 0.3 is 0 Å². The van der Waals surface area contributed by atoms with Crippen molar-refractivity contribution in [2.75, 3.05) is 5.21 Å². The fourth-order valence-electron chi connectivity index (χ4n) is 1.70. The van der Waals surface area contributed by atoms with Crippen molar-refractivity contribution in [3.05, 3.63) is 71.8 Å². The number of nitrogens with one attached hydrogen (secondary N) is 1. The molecule has 3 nitrogen and oxygen atoms in total. The summed E-state index contributed by atoms with van der Waals surface area (Å²) in [6.07, 6.45) is 1.78. The smallest absolute Gasteiger partial charge is 0.246 e. The predicted octanol–water partition coefficient (Wildman–Crippen LogP) is 3.30. The van der Waals surface area contributed by atoms with Gasteiger partial charge in [0.2, 0.25) is 10.0 Å². The van der Waals surface area contributed by atoms with Crippen LogP contribution in [0, 0.1) is 0 Å². The van der Waals surface area contributed by atoms with Crippen LogP contribution in [-0.2, 0) is 10.0 Å². The van der Waals surface area contributed by atoms with Gasteiger partial charge in [0, 0.05) is 0 Å². The van der Waals surface area contributed by atoms with Crippen molar-refractivity contribution in [3.63, 3.8) is 0 Å². The summed E-state index contributed by atoms with van der Waals surface area (Å²) >= 11 is 5.45. The Bertz CT molecular complexity index is 682. The second-order valence-corrected chi connectivity index (χ2v) is 6.47. The van der Waals surface area contributed by atoms with Gasteiger partial charge in [-0.25, -0.2) is 8.42 Å². The molecule has 2 aromatic carbocycles. The topological polar surface area (TPSA) is 46.2 Å². The van der Waals surface area contributed by atoms with E-state index in [-0.39, 0.29) is 0 Å². The first-order chi connectivity index (χ1) is 9.61. The normalized spacial score (nSPS) is 12.2. The van der Waals surface area contributed by atoms with Crippen LogP contribution in [0.2, 0.25) is 0 Å². The summed E-state index contributed by atoms with van der Waals surface area (Å²) in [6.45, 7) is 0. The highest BCUT2D eigenvalue weighted by Gasteiger charge is 2.11. The second kappa shape index (κ2) is 6.59. The van der Waals surface area contributed by atoms with Crippen LogP contribution in [0.1, 0.15) is 11.1 Å². The van der Waals surface area contributed by atoms with Crippen LogP contribution in [-0.4, -0.2) is 13.6 Å². The maximum absolute atomic E-state index is 11.7. The highest BCUT2D eigenvalue weighted by Crippen LogP contribution is 2.16. The van der Waals surface area contributed by atoms with Crippen LogP contribution in [0.3, 0.4) is 0 Å². The Labute approximate surface area is 124 Å². The van der Waals surface area contributed by atoms with Crippen LogP contribution >= 0.6 is 11.6 Å². The zero-order valence-corrected chi connectivity index (χ0v) is 12.2. The van der Waals surface area contributed by atoms with E-state index in [9.17, 15) is 8.42 Å². The summed E-state index contributed by atoms with van der Waals surface area (Å²) in [5.41, 5.74) is 2.19. The lowest BCUT2D eigenvalue weighted by atomic mass is 10.1. The second-order valence-electron chi connectivity index (χ2n) is 4.16. The van der Waals surface area contributed by atoms with Gasteiger partial charge in [0.25, 0.3) is 0 Å². The first kappa shape index (κ1) is 14.6. The first-order valence-corrected chi connectivity index (χ1v) is 8.18.